The molecule has 0 radical (unpaired) electrons. The Morgan fingerprint density at radius 2 is 2.36 bits per heavy atom. The molecule has 1 unspecified atom stereocenters. The molecule has 1 rings (SSSR count). The number of hydrogen-bond donors (Lipinski definition) is 2. The van der Waals surface area contributed by atoms with E-state index in [1.807, 2.05) is 13.2 Å². The molecule has 0 saturated carbocycles. The molecule has 0 aliphatic carbocycles. The van der Waals surface area contributed by atoms with E-state index in [-0.39, 0.29) is 11.2 Å². The predicted molar refractivity (Wildman–Crippen MR) is 47.8 cm³/mol. The second kappa shape index (κ2) is 3.97. The number of carbonyl (C=O) groups is 1. The maximum Gasteiger partial charge on any atom is 0.233 e. The van der Waals surface area contributed by atoms with Gasteiger partial charge in [0, 0.05) is 13.1 Å². The van der Waals surface area contributed by atoms with E-state index in [9.17, 15) is 4.79 Å². The molecule has 11 heavy (non-hydrogen) atoms. The summed E-state index contributed by atoms with van der Waals surface area (Å²) in [5.74, 6) is 0.156. The van der Waals surface area contributed by atoms with Crippen molar-refractivity contribution >= 4 is 17.7 Å². The highest BCUT2D eigenvalue weighted by Crippen LogP contribution is 2.05. The monoisotopic (exact) mass is 174 g/mol. The minimum absolute atomic E-state index is 0.0793. The summed E-state index contributed by atoms with van der Waals surface area (Å²) in [5, 5.41) is 6.13. The normalized spacial score (nSPS) is 20.5. The molecule has 1 atom stereocenters. The Balaban J connectivity index is 2.19. The minimum atomic E-state index is 0.0793. The van der Waals surface area contributed by atoms with Gasteiger partial charge in [0.15, 0.2) is 0 Å². The van der Waals surface area contributed by atoms with Crippen LogP contribution in [0, 0.1) is 0 Å². The minimum Gasteiger partial charge on any atom is -0.350 e. The van der Waals surface area contributed by atoms with Crippen molar-refractivity contribution in [1.29, 1.82) is 0 Å². The molecule has 1 aliphatic rings. The summed E-state index contributed by atoms with van der Waals surface area (Å²) in [4.78, 5) is 11.2. The van der Waals surface area contributed by atoms with E-state index >= 15 is 0 Å². The van der Waals surface area contributed by atoms with Gasteiger partial charge in [0.2, 0.25) is 5.91 Å². The summed E-state index contributed by atoms with van der Waals surface area (Å²) in [7, 11) is 0. The van der Waals surface area contributed by atoms with Crippen molar-refractivity contribution in [2.45, 2.75) is 18.2 Å². The summed E-state index contributed by atoms with van der Waals surface area (Å²) in [6, 6.07) is 0.372. The van der Waals surface area contributed by atoms with Gasteiger partial charge in [-0.15, -0.1) is 0 Å². The van der Waals surface area contributed by atoms with Crippen molar-refractivity contribution in [2.75, 3.05) is 19.3 Å². The number of thioether (sulfide) groups is 1. The van der Waals surface area contributed by atoms with Crippen LogP contribution in [0.4, 0.5) is 0 Å². The fourth-order valence-corrected chi connectivity index (χ4v) is 1.10. The first kappa shape index (κ1) is 8.87. The lowest BCUT2D eigenvalue weighted by atomic mass is 10.2. The molecule has 0 aromatic heterocycles. The Hall–Kier alpha value is -0.220. The van der Waals surface area contributed by atoms with Gasteiger partial charge in [-0.3, -0.25) is 4.79 Å². The number of rotatable bonds is 3. The summed E-state index contributed by atoms with van der Waals surface area (Å²) in [5.41, 5.74) is 0. The number of hydrogen-bond acceptors (Lipinski definition) is 3. The van der Waals surface area contributed by atoms with Crippen molar-refractivity contribution < 1.29 is 4.79 Å². The van der Waals surface area contributed by atoms with Crippen LogP contribution in [0.2, 0.25) is 0 Å². The number of amides is 1. The molecule has 1 amide bonds. The number of nitrogens with one attached hydrogen (secondary N) is 2. The highest BCUT2D eigenvalue weighted by Gasteiger charge is 2.20. The quantitative estimate of drug-likeness (QED) is 0.624. The zero-order chi connectivity index (χ0) is 8.27. The first-order chi connectivity index (χ1) is 5.24. The second-order valence-corrected chi connectivity index (χ2v) is 3.92. The van der Waals surface area contributed by atoms with Crippen LogP contribution in [0.3, 0.4) is 0 Å². The third-order valence-electron chi connectivity index (χ3n) is 1.85. The third kappa shape index (κ3) is 2.38. The molecule has 1 fully saturated rings. The van der Waals surface area contributed by atoms with Gasteiger partial charge in [0.25, 0.3) is 0 Å². The molecule has 2 N–H and O–H groups in total. The SMILES string of the molecule is CSC(C)C(=O)NC1CNC1. The van der Waals surface area contributed by atoms with Crippen LogP contribution >= 0.6 is 11.8 Å². The van der Waals surface area contributed by atoms with Crippen molar-refractivity contribution in [2.24, 2.45) is 0 Å². The van der Waals surface area contributed by atoms with E-state index in [0.29, 0.717) is 6.04 Å². The fourth-order valence-electron chi connectivity index (χ4n) is 0.816. The molecule has 0 bridgehead atoms. The van der Waals surface area contributed by atoms with Gasteiger partial charge in [-0.25, -0.2) is 0 Å². The Kier molecular flexibility index (Phi) is 3.20. The third-order valence-corrected chi connectivity index (χ3v) is 2.77. The molecule has 1 saturated heterocycles. The van der Waals surface area contributed by atoms with Crippen molar-refractivity contribution in [3.05, 3.63) is 0 Å². The Bertz CT molecular complexity index is 147. The summed E-state index contributed by atoms with van der Waals surface area (Å²) in [6.07, 6.45) is 1.95. The van der Waals surface area contributed by atoms with Gasteiger partial charge in [-0.2, -0.15) is 11.8 Å². The van der Waals surface area contributed by atoms with Gasteiger partial charge < -0.3 is 10.6 Å². The lowest BCUT2D eigenvalue weighted by molar-refractivity contribution is -0.121. The molecule has 1 heterocycles. The van der Waals surface area contributed by atoms with E-state index in [2.05, 4.69) is 10.6 Å². The lowest BCUT2D eigenvalue weighted by Gasteiger charge is -2.28. The van der Waals surface area contributed by atoms with Gasteiger partial charge in [-0.05, 0) is 13.2 Å². The van der Waals surface area contributed by atoms with Crippen LogP contribution in [-0.4, -0.2) is 36.5 Å². The van der Waals surface area contributed by atoms with Gasteiger partial charge in [0.05, 0.1) is 11.3 Å². The first-order valence-electron chi connectivity index (χ1n) is 3.78. The van der Waals surface area contributed by atoms with Crippen molar-refractivity contribution in [1.82, 2.24) is 10.6 Å². The van der Waals surface area contributed by atoms with E-state index in [1.54, 1.807) is 11.8 Å². The molecular weight excluding hydrogens is 160 g/mol. The van der Waals surface area contributed by atoms with Crippen molar-refractivity contribution in [3.63, 3.8) is 0 Å². The summed E-state index contributed by atoms with van der Waals surface area (Å²) < 4.78 is 0. The lowest BCUT2D eigenvalue weighted by Crippen LogP contribution is -2.58. The topological polar surface area (TPSA) is 41.1 Å². The maximum atomic E-state index is 11.2. The standard InChI is InChI=1S/C7H14N2OS/c1-5(11-2)7(10)9-6-3-8-4-6/h5-6,8H,3-4H2,1-2H3,(H,9,10). The van der Waals surface area contributed by atoms with Crippen LogP contribution in [-0.2, 0) is 4.79 Å². The molecule has 1 aliphatic heterocycles. The smallest absolute Gasteiger partial charge is 0.233 e. The Morgan fingerprint density at radius 1 is 1.73 bits per heavy atom. The van der Waals surface area contributed by atoms with E-state index < -0.39 is 0 Å². The largest absolute Gasteiger partial charge is 0.350 e. The zero-order valence-electron chi connectivity index (χ0n) is 6.89. The average molecular weight is 174 g/mol. The molecule has 64 valence electrons. The molecule has 0 aromatic rings. The summed E-state index contributed by atoms with van der Waals surface area (Å²) in [6.45, 7) is 3.77. The van der Waals surface area contributed by atoms with Crippen LogP contribution in [0.15, 0.2) is 0 Å². The highest BCUT2D eigenvalue weighted by molar-refractivity contribution is 7.99. The second-order valence-electron chi connectivity index (χ2n) is 2.74. The van der Waals surface area contributed by atoms with Crippen molar-refractivity contribution in [3.8, 4) is 0 Å². The average Bonchev–Trinajstić information content (AvgIpc) is 1.94. The van der Waals surface area contributed by atoms with E-state index in [4.69, 9.17) is 0 Å². The molecule has 3 nitrogen and oxygen atoms in total. The Morgan fingerprint density at radius 3 is 2.73 bits per heavy atom. The van der Waals surface area contributed by atoms with Gasteiger partial charge in [0.1, 0.15) is 0 Å². The Labute approximate surface area is 71.3 Å². The summed E-state index contributed by atoms with van der Waals surface area (Å²) >= 11 is 1.58. The molecular formula is C7H14N2OS. The van der Waals surface area contributed by atoms with E-state index in [0.717, 1.165) is 13.1 Å². The van der Waals surface area contributed by atoms with Gasteiger partial charge in [-0.1, -0.05) is 0 Å². The van der Waals surface area contributed by atoms with E-state index in [1.165, 1.54) is 0 Å². The first-order valence-corrected chi connectivity index (χ1v) is 5.06. The number of carbonyl (C=O) groups excluding carboxylic acids is 1. The molecule has 0 aromatic carbocycles. The van der Waals surface area contributed by atoms with Crippen LogP contribution in [0.5, 0.6) is 0 Å². The van der Waals surface area contributed by atoms with Crippen LogP contribution in [0.1, 0.15) is 6.92 Å². The highest BCUT2D eigenvalue weighted by atomic mass is 32.2. The zero-order valence-corrected chi connectivity index (χ0v) is 7.70. The molecule has 4 heteroatoms. The van der Waals surface area contributed by atoms with Crippen LogP contribution in [0.25, 0.3) is 0 Å². The van der Waals surface area contributed by atoms with Crippen LogP contribution < -0.4 is 10.6 Å². The fraction of sp³-hybridized carbons (Fsp3) is 0.857. The predicted octanol–water partition coefficient (Wildman–Crippen LogP) is -0.174. The van der Waals surface area contributed by atoms with Gasteiger partial charge >= 0.3 is 0 Å². The maximum absolute atomic E-state index is 11.2. The molecule has 0 spiro atoms.